The first-order valence-electron chi connectivity index (χ1n) is 7.18. The molecule has 0 aliphatic carbocycles. The molecule has 0 saturated carbocycles. The van der Waals surface area contributed by atoms with E-state index in [2.05, 4.69) is 0 Å². The molecule has 0 saturated heterocycles. The average Bonchev–Trinajstić information content (AvgIpc) is 2.52. The summed E-state index contributed by atoms with van der Waals surface area (Å²) < 4.78 is 13.6. The molecule has 136 valence electrons. The summed E-state index contributed by atoms with van der Waals surface area (Å²) in [5, 5.41) is 30.7. The molecule has 0 aromatic heterocycles. The van der Waals surface area contributed by atoms with E-state index in [-0.39, 0.29) is 18.4 Å². The Morgan fingerprint density at radius 2 is 1.52 bits per heavy atom. The summed E-state index contributed by atoms with van der Waals surface area (Å²) in [6.07, 6.45) is -1.21. The molecule has 0 unspecified atom stereocenters. The van der Waals surface area contributed by atoms with Gasteiger partial charge in [-0.25, -0.2) is 18.8 Å². The van der Waals surface area contributed by atoms with E-state index in [4.69, 9.17) is 15.3 Å². The summed E-state index contributed by atoms with van der Waals surface area (Å²) >= 11 is 0. The van der Waals surface area contributed by atoms with Crippen molar-refractivity contribution < 1.29 is 38.9 Å². The van der Waals surface area contributed by atoms with Gasteiger partial charge in [-0.3, -0.25) is 4.79 Å². The number of carboxylic acid groups (broad SMARTS) is 3. The first-order chi connectivity index (χ1) is 11.7. The summed E-state index contributed by atoms with van der Waals surface area (Å²) in [5.41, 5.74) is 0.0656. The molecule has 25 heavy (non-hydrogen) atoms. The van der Waals surface area contributed by atoms with Crippen LogP contribution in [0.25, 0.3) is 0 Å². The molecule has 2 amide bonds. The Kier molecular flexibility index (Phi) is 7.32. The summed E-state index contributed by atoms with van der Waals surface area (Å²) in [7, 11) is 0. The van der Waals surface area contributed by atoms with Crippen LogP contribution in [0.3, 0.4) is 0 Å². The molecule has 0 spiro atoms. The smallest absolute Gasteiger partial charge is 0.326 e. The van der Waals surface area contributed by atoms with E-state index in [1.807, 2.05) is 10.6 Å². The largest absolute Gasteiger partial charge is 0.481 e. The van der Waals surface area contributed by atoms with Crippen LogP contribution >= 0.6 is 0 Å². The summed E-state index contributed by atoms with van der Waals surface area (Å²) in [6.45, 7) is 0. The predicted octanol–water partition coefficient (Wildman–Crippen LogP) is 0.439. The zero-order valence-electron chi connectivity index (χ0n) is 12.9. The van der Waals surface area contributed by atoms with Crippen LogP contribution in [0.15, 0.2) is 24.3 Å². The summed E-state index contributed by atoms with van der Waals surface area (Å²) in [4.78, 5) is 44.5. The Balaban J connectivity index is 2.72. The predicted molar refractivity (Wildman–Crippen MR) is 81.5 cm³/mol. The maximum Gasteiger partial charge on any atom is 0.326 e. The average molecular weight is 356 g/mol. The third-order valence-corrected chi connectivity index (χ3v) is 3.24. The molecule has 1 aromatic rings. The number of carbonyl (C=O) groups is 4. The van der Waals surface area contributed by atoms with Crippen LogP contribution in [0.1, 0.15) is 18.4 Å². The van der Waals surface area contributed by atoms with E-state index in [0.717, 1.165) is 6.07 Å². The van der Waals surface area contributed by atoms with Gasteiger partial charge in [0, 0.05) is 12.8 Å². The van der Waals surface area contributed by atoms with Crippen LogP contribution in [0.4, 0.5) is 9.18 Å². The highest BCUT2D eigenvalue weighted by atomic mass is 19.1. The zero-order chi connectivity index (χ0) is 19.0. The van der Waals surface area contributed by atoms with Gasteiger partial charge < -0.3 is 26.0 Å². The number of urea groups is 1. The number of nitrogens with one attached hydrogen (secondary N) is 2. The van der Waals surface area contributed by atoms with Crippen molar-refractivity contribution in [2.75, 3.05) is 0 Å². The summed E-state index contributed by atoms with van der Waals surface area (Å²) in [6, 6.07) is 1.32. The second-order valence-electron chi connectivity index (χ2n) is 5.13. The van der Waals surface area contributed by atoms with Crippen molar-refractivity contribution in [1.29, 1.82) is 0 Å². The highest BCUT2D eigenvalue weighted by molar-refractivity contribution is 5.86. The SMILES string of the molecule is O=C(O)CC[C@H](NC(=O)N[C@@H](Cc1ccccc1F)C(=O)O)C(=O)O. The Morgan fingerprint density at radius 1 is 0.960 bits per heavy atom. The molecule has 10 heteroatoms. The number of carboxylic acids is 3. The number of amides is 2. The quantitative estimate of drug-likeness (QED) is 0.430. The molecule has 1 aromatic carbocycles. The molecule has 5 N–H and O–H groups in total. The van der Waals surface area contributed by atoms with Crippen LogP contribution in [0.2, 0.25) is 0 Å². The van der Waals surface area contributed by atoms with E-state index in [0.29, 0.717) is 0 Å². The van der Waals surface area contributed by atoms with Crippen molar-refractivity contribution in [3.05, 3.63) is 35.6 Å². The topological polar surface area (TPSA) is 153 Å². The van der Waals surface area contributed by atoms with Crippen molar-refractivity contribution in [3.8, 4) is 0 Å². The molecule has 0 aliphatic heterocycles. The van der Waals surface area contributed by atoms with Gasteiger partial charge >= 0.3 is 23.9 Å². The standard InChI is InChI=1S/C15H17FN2O7/c16-9-4-2-1-3-8(9)7-11(14(23)24)18-15(25)17-10(13(21)22)5-6-12(19)20/h1-4,10-11H,5-7H2,(H,19,20)(H,21,22)(H,23,24)(H2,17,18,25)/t10-,11-/m0/s1. The van der Waals surface area contributed by atoms with Crippen LogP contribution in [-0.4, -0.2) is 51.3 Å². The van der Waals surface area contributed by atoms with E-state index in [1.54, 1.807) is 0 Å². The number of benzene rings is 1. The number of carbonyl (C=O) groups excluding carboxylic acids is 1. The first kappa shape index (κ1) is 19.9. The van der Waals surface area contributed by atoms with Crippen LogP contribution < -0.4 is 10.6 Å². The number of rotatable bonds is 9. The fourth-order valence-corrected chi connectivity index (χ4v) is 1.97. The normalized spacial score (nSPS) is 12.7. The van der Waals surface area contributed by atoms with Gasteiger partial charge in [0.05, 0.1) is 0 Å². The molecule has 0 aliphatic rings. The highest BCUT2D eigenvalue weighted by Crippen LogP contribution is 2.09. The third kappa shape index (κ3) is 6.85. The lowest BCUT2D eigenvalue weighted by atomic mass is 10.1. The van der Waals surface area contributed by atoms with Crippen LogP contribution in [0, 0.1) is 5.82 Å². The lowest BCUT2D eigenvalue weighted by Gasteiger charge is -2.18. The molecule has 0 fully saturated rings. The van der Waals surface area contributed by atoms with Crippen LogP contribution in [0.5, 0.6) is 0 Å². The van der Waals surface area contributed by atoms with E-state index in [9.17, 15) is 23.6 Å². The van der Waals surface area contributed by atoms with Gasteiger partial charge in [-0.2, -0.15) is 0 Å². The van der Waals surface area contributed by atoms with Gasteiger partial charge in [-0.05, 0) is 18.1 Å². The van der Waals surface area contributed by atoms with Gasteiger partial charge in [-0.15, -0.1) is 0 Å². The van der Waals surface area contributed by atoms with Gasteiger partial charge in [-0.1, -0.05) is 18.2 Å². The van der Waals surface area contributed by atoms with E-state index < -0.39 is 48.3 Å². The lowest BCUT2D eigenvalue weighted by molar-refractivity contribution is -0.140. The molecular weight excluding hydrogens is 339 g/mol. The van der Waals surface area contributed by atoms with Crippen molar-refractivity contribution >= 4 is 23.9 Å². The van der Waals surface area contributed by atoms with E-state index >= 15 is 0 Å². The number of aliphatic carboxylic acids is 3. The lowest BCUT2D eigenvalue weighted by Crippen LogP contribution is -2.51. The van der Waals surface area contributed by atoms with E-state index in [1.165, 1.54) is 18.2 Å². The number of hydrogen-bond donors (Lipinski definition) is 5. The maximum atomic E-state index is 13.6. The third-order valence-electron chi connectivity index (χ3n) is 3.24. The number of hydrogen-bond acceptors (Lipinski definition) is 4. The molecular formula is C15H17FN2O7. The Hall–Kier alpha value is -3.17. The summed E-state index contributed by atoms with van der Waals surface area (Å²) in [5.74, 6) is -4.77. The number of halogens is 1. The molecule has 9 nitrogen and oxygen atoms in total. The fraction of sp³-hybridized carbons (Fsp3) is 0.333. The molecule has 2 atom stereocenters. The molecule has 1 rings (SSSR count). The van der Waals surface area contributed by atoms with Crippen molar-refractivity contribution in [2.45, 2.75) is 31.3 Å². The van der Waals surface area contributed by atoms with Crippen molar-refractivity contribution in [2.24, 2.45) is 0 Å². The first-order valence-corrected chi connectivity index (χ1v) is 7.18. The monoisotopic (exact) mass is 356 g/mol. The minimum atomic E-state index is -1.50. The second kappa shape index (κ2) is 9.21. The van der Waals surface area contributed by atoms with Crippen LogP contribution in [-0.2, 0) is 20.8 Å². The minimum Gasteiger partial charge on any atom is -0.481 e. The van der Waals surface area contributed by atoms with Gasteiger partial charge in [0.2, 0.25) is 0 Å². The van der Waals surface area contributed by atoms with Gasteiger partial charge in [0.25, 0.3) is 0 Å². The fourth-order valence-electron chi connectivity index (χ4n) is 1.97. The zero-order valence-corrected chi connectivity index (χ0v) is 12.9. The maximum absolute atomic E-state index is 13.6. The van der Waals surface area contributed by atoms with Gasteiger partial charge in [0.1, 0.15) is 17.9 Å². The Labute approximate surface area is 141 Å². The minimum absolute atomic E-state index is 0.0656. The van der Waals surface area contributed by atoms with Crippen molar-refractivity contribution in [1.82, 2.24) is 10.6 Å². The van der Waals surface area contributed by atoms with Gasteiger partial charge in [0.15, 0.2) is 0 Å². The molecule has 0 heterocycles. The Bertz CT molecular complexity index is 665. The van der Waals surface area contributed by atoms with Crippen molar-refractivity contribution in [3.63, 3.8) is 0 Å². The molecule has 0 radical (unpaired) electrons. The highest BCUT2D eigenvalue weighted by Gasteiger charge is 2.25. The molecule has 0 bridgehead atoms. The second-order valence-corrected chi connectivity index (χ2v) is 5.13. The Morgan fingerprint density at radius 3 is 2.04 bits per heavy atom.